The van der Waals surface area contributed by atoms with Gasteiger partial charge in [0.25, 0.3) is 0 Å². The molecule has 0 bridgehead atoms. The van der Waals surface area contributed by atoms with Gasteiger partial charge in [0, 0.05) is 43.2 Å². The van der Waals surface area contributed by atoms with Crippen molar-refractivity contribution in [1.82, 2.24) is 9.80 Å². The molecular weight excluding hydrogens is 1130 g/mol. The Morgan fingerprint density at radius 1 is 0.554 bits per heavy atom. The number of aliphatic hydroxyl groups is 1. The number of nitriles is 1. The van der Waals surface area contributed by atoms with Crippen molar-refractivity contribution in [3.05, 3.63) is 135 Å². The van der Waals surface area contributed by atoms with Gasteiger partial charge in [-0.3, -0.25) is 0 Å². The number of rotatable bonds is 12. The van der Waals surface area contributed by atoms with Crippen LogP contribution < -0.4 is 5.46 Å². The van der Waals surface area contributed by atoms with Gasteiger partial charge in [0.2, 0.25) is 0 Å². The molecule has 9 rings (SSSR count). The van der Waals surface area contributed by atoms with E-state index in [9.17, 15) is 28.7 Å². The van der Waals surface area contributed by atoms with E-state index in [1.54, 1.807) is 47.9 Å². The summed E-state index contributed by atoms with van der Waals surface area (Å²) in [4.78, 5) is 29.7. The van der Waals surface area contributed by atoms with Crippen molar-refractivity contribution in [3.8, 4) is 6.07 Å². The molecule has 20 heteroatoms. The van der Waals surface area contributed by atoms with Crippen molar-refractivity contribution in [2.45, 2.75) is 213 Å². The quantitative estimate of drug-likeness (QED) is 0.134. The zero-order valence-electron chi connectivity index (χ0n) is 51.9. The highest BCUT2D eigenvalue weighted by Crippen LogP contribution is 2.47. The van der Waals surface area contributed by atoms with Gasteiger partial charge in [0.1, 0.15) is 22.8 Å². The lowest BCUT2D eigenvalue weighted by Gasteiger charge is -2.45. The van der Waals surface area contributed by atoms with Crippen LogP contribution in [0.5, 0.6) is 0 Å². The second kappa shape index (κ2) is 23.8. The summed E-state index contributed by atoms with van der Waals surface area (Å²) < 4.78 is 76.2. The number of hydrogen-bond donors (Lipinski definition) is 1. The second-order valence-electron chi connectivity index (χ2n) is 27.2. The van der Waals surface area contributed by atoms with Crippen molar-refractivity contribution in [3.63, 3.8) is 0 Å². The number of benzene rings is 4. The summed E-state index contributed by atoms with van der Waals surface area (Å²) in [6.07, 6.45) is 0.666. The molecule has 4 aromatic carbocycles. The molecule has 5 heterocycles. The molecule has 0 saturated carbocycles. The second-order valence-corrected chi connectivity index (χ2v) is 28.1. The lowest BCUT2D eigenvalue weighted by atomic mass is 9.49. The van der Waals surface area contributed by atoms with Crippen LogP contribution in [0.25, 0.3) is 0 Å². The minimum atomic E-state index is -1.05. The SMILES string of the molecule is CC1(C)OB(B2OC(C)(C)C(C)(C)O2)OC1(C)C.C[C@@H](c1ccc(B2OC(C)(C)C(C)(C)O2)cc1)N1CC[C@](CC(C)(C)C#N)(c2ccc(F)cc2)OC1=O.C[C@@H](c1ccc(Br)cc1)N1CC[C@](CC(C)(C)O)(c2ccc(F)cc2)OC1=O. The fraction of sp³-hybridized carbons (Fsp3) is 0.571. The van der Waals surface area contributed by atoms with Crippen molar-refractivity contribution in [2.24, 2.45) is 5.41 Å². The maximum Gasteiger partial charge on any atom is 0.494 e. The van der Waals surface area contributed by atoms with Crippen molar-refractivity contribution >= 4 is 54.7 Å². The Morgan fingerprint density at radius 3 is 1.20 bits per heavy atom. The van der Waals surface area contributed by atoms with E-state index in [0.717, 1.165) is 21.1 Å². The highest BCUT2D eigenvalue weighted by Gasteiger charge is 2.64. The first-order valence-electron chi connectivity index (χ1n) is 28.7. The van der Waals surface area contributed by atoms with Gasteiger partial charge < -0.3 is 52.3 Å². The molecule has 83 heavy (non-hydrogen) atoms. The molecular formula is C63H85B3BrF2N3O11. The summed E-state index contributed by atoms with van der Waals surface area (Å²) in [7, 11) is -1.40. The predicted molar refractivity (Wildman–Crippen MR) is 322 cm³/mol. The van der Waals surface area contributed by atoms with Crippen LogP contribution in [0.4, 0.5) is 18.4 Å². The number of ether oxygens (including phenoxy) is 2. The molecule has 5 aliphatic heterocycles. The number of nitrogens with zero attached hydrogens (tertiary/aromatic N) is 3. The summed E-state index contributed by atoms with van der Waals surface area (Å²) in [5.74, 6) is -0.713. The van der Waals surface area contributed by atoms with Crippen LogP contribution in [-0.2, 0) is 48.6 Å². The summed E-state index contributed by atoms with van der Waals surface area (Å²) in [5.41, 5.74) is -1.75. The molecule has 0 radical (unpaired) electrons. The molecule has 0 aliphatic carbocycles. The van der Waals surface area contributed by atoms with Crippen molar-refractivity contribution < 1.29 is 60.9 Å². The number of hydrogen-bond acceptors (Lipinski definition) is 12. The Hall–Kier alpha value is -4.84. The summed E-state index contributed by atoms with van der Waals surface area (Å²) in [6, 6.07) is 29.7. The molecule has 448 valence electrons. The lowest BCUT2D eigenvalue weighted by Crippen LogP contribution is -2.51. The molecule has 4 aromatic rings. The van der Waals surface area contributed by atoms with Gasteiger partial charge in [-0.25, -0.2) is 18.4 Å². The third kappa shape index (κ3) is 14.5. The van der Waals surface area contributed by atoms with Crippen LogP contribution in [0.3, 0.4) is 0 Å². The smallest absolute Gasteiger partial charge is 0.438 e. The average molecular weight is 1210 g/mol. The van der Waals surface area contributed by atoms with Crippen LogP contribution in [0, 0.1) is 28.4 Å². The van der Waals surface area contributed by atoms with Gasteiger partial charge >= 0.3 is 33.3 Å². The number of amides is 2. The maximum atomic E-state index is 13.6. The van der Waals surface area contributed by atoms with Crippen molar-refractivity contribution in [1.29, 1.82) is 5.26 Å². The molecule has 14 nitrogen and oxygen atoms in total. The fourth-order valence-electron chi connectivity index (χ4n) is 10.9. The van der Waals surface area contributed by atoms with Crippen LogP contribution in [0.15, 0.2) is 102 Å². The van der Waals surface area contributed by atoms with E-state index >= 15 is 0 Å². The van der Waals surface area contributed by atoms with Crippen molar-refractivity contribution in [2.75, 3.05) is 13.1 Å². The largest absolute Gasteiger partial charge is 0.494 e. The number of halogens is 3. The highest BCUT2D eigenvalue weighted by molar-refractivity contribution is 9.10. The van der Waals surface area contributed by atoms with Gasteiger partial charge in [-0.1, -0.05) is 76.6 Å². The molecule has 0 unspecified atom stereocenters. The Labute approximate surface area is 501 Å². The first-order valence-corrected chi connectivity index (χ1v) is 29.5. The van der Waals surface area contributed by atoms with E-state index in [4.69, 9.17) is 37.4 Å². The summed E-state index contributed by atoms with van der Waals surface area (Å²) >= 11 is 3.42. The standard InChI is InChI=1S/C29H36BFN2O4.C22H25BrFNO3.C12H24B2O4/c1-20(21-8-12-23(13-9-21)30-36-27(4,5)28(6,7)37-30)33-17-16-29(35-25(33)34,18-26(2,3)19-32)22-10-14-24(31)15-11-22;1-15(16-4-8-18(23)9-5-16)25-13-12-22(28-20(25)26,14-21(2,3)27)17-6-10-19(24)11-7-17;1-9(2)10(3,4)16-13(15-9)14-17-11(5,6)12(7,8)18-14/h8-15,20H,16-18H2,1-7H3;4-11,15,27H,12-14H2,1-3H3;1-8H3/t20-,29-;15-,22-;/m00./s1. The monoisotopic (exact) mass is 1210 g/mol. The Balaban J connectivity index is 0.000000190. The van der Waals surface area contributed by atoms with E-state index in [0.29, 0.717) is 43.5 Å². The van der Waals surface area contributed by atoms with Gasteiger partial charge in [0.15, 0.2) is 0 Å². The number of carbonyl (C=O) groups excluding carboxylic acids is 2. The van der Waals surface area contributed by atoms with E-state index in [-0.39, 0.29) is 52.5 Å². The molecule has 2 amide bonds. The average Bonchev–Trinajstić information content (AvgIpc) is 4.16. The summed E-state index contributed by atoms with van der Waals surface area (Å²) in [5, 5.41) is 20.1. The van der Waals surface area contributed by atoms with Crippen LogP contribution in [0.2, 0.25) is 0 Å². The van der Waals surface area contributed by atoms with Crippen LogP contribution in [-0.4, -0.2) is 101 Å². The fourth-order valence-corrected chi connectivity index (χ4v) is 11.1. The Morgan fingerprint density at radius 2 is 0.880 bits per heavy atom. The predicted octanol–water partition coefficient (Wildman–Crippen LogP) is 13.7. The highest BCUT2D eigenvalue weighted by atomic mass is 79.9. The van der Waals surface area contributed by atoms with E-state index in [1.807, 2.05) is 159 Å². The molecule has 0 spiro atoms. The van der Waals surface area contributed by atoms with E-state index in [2.05, 4.69) is 22.0 Å². The van der Waals surface area contributed by atoms with Gasteiger partial charge in [-0.2, -0.15) is 5.26 Å². The third-order valence-corrected chi connectivity index (χ3v) is 18.6. The summed E-state index contributed by atoms with van der Waals surface area (Å²) in [6.45, 7) is 36.2. The number of cyclic esters (lactones) is 2. The van der Waals surface area contributed by atoms with Crippen LogP contribution >= 0.6 is 15.9 Å². The Bertz CT molecular complexity index is 2890. The number of carbonyl (C=O) groups is 2. The lowest BCUT2D eigenvalue weighted by molar-refractivity contribution is -0.101. The topological polar surface area (TPSA) is 158 Å². The first kappa shape index (κ1) is 65.7. The van der Waals surface area contributed by atoms with E-state index in [1.165, 1.54) is 24.3 Å². The van der Waals surface area contributed by atoms with E-state index < -0.39 is 66.7 Å². The Kier molecular flexibility index (Phi) is 18.8. The van der Waals surface area contributed by atoms with Gasteiger partial charge in [0.05, 0.1) is 62.8 Å². The third-order valence-electron chi connectivity index (χ3n) is 18.0. The minimum absolute atomic E-state index is 0.144. The minimum Gasteiger partial charge on any atom is -0.438 e. The normalized spacial score (nSPS) is 24.8. The first-order chi connectivity index (χ1) is 38.2. The molecule has 5 saturated heterocycles. The molecule has 5 fully saturated rings. The molecule has 1 N–H and O–H groups in total. The zero-order chi connectivity index (χ0) is 61.7. The van der Waals surface area contributed by atoms with Crippen LogP contribution in [0.1, 0.15) is 185 Å². The molecule has 0 aromatic heterocycles. The molecule has 5 aliphatic rings. The molecule has 4 atom stereocenters. The van der Waals surface area contributed by atoms with Gasteiger partial charge in [-0.15, -0.1) is 0 Å². The van der Waals surface area contributed by atoms with Gasteiger partial charge in [-0.05, 0) is 189 Å². The zero-order valence-corrected chi connectivity index (χ0v) is 53.5. The maximum absolute atomic E-state index is 13.6.